The fraction of sp³-hybridized carbons (Fsp3) is 0.333. The van der Waals surface area contributed by atoms with Gasteiger partial charge >= 0.3 is 6.18 Å². The van der Waals surface area contributed by atoms with Crippen LogP contribution in [0, 0.1) is 11.6 Å². The van der Waals surface area contributed by atoms with Crippen LogP contribution < -0.4 is 10.5 Å². The molecule has 0 aliphatic heterocycles. The summed E-state index contributed by atoms with van der Waals surface area (Å²) in [7, 11) is 0. The Kier molecular flexibility index (Phi) is 3.56. The van der Waals surface area contributed by atoms with Gasteiger partial charge in [-0.15, -0.1) is 0 Å². The number of halogens is 5. The molecule has 0 aliphatic carbocycles. The third kappa shape index (κ3) is 3.56. The molecule has 0 heterocycles. The molecular weight excluding hydrogens is 233 g/mol. The average molecular weight is 241 g/mol. The van der Waals surface area contributed by atoms with Gasteiger partial charge in [0.1, 0.15) is 17.3 Å². The first kappa shape index (κ1) is 12.5. The second-order valence-corrected chi connectivity index (χ2v) is 3.01. The van der Waals surface area contributed by atoms with Gasteiger partial charge in [0.2, 0.25) is 0 Å². The van der Waals surface area contributed by atoms with Crippen molar-refractivity contribution in [2.45, 2.75) is 12.6 Å². The number of benzene rings is 1. The molecule has 0 fully saturated rings. The Morgan fingerprint density at radius 1 is 1.19 bits per heavy atom. The van der Waals surface area contributed by atoms with Gasteiger partial charge in [-0.2, -0.15) is 13.2 Å². The van der Waals surface area contributed by atoms with Gasteiger partial charge < -0.3 is 10.5 Å². The molecule has 0 spiro atoms. The minimum absolute atomic E-state index is 0.429. The number of alkyl halides is 3. The molecular formula is C9H8F5NO. The molecule has 2 nitrogen and oxygen atoms in total. The van der Waals surface area contributed by atoms with Crippen LogP contribution in [0.3, 0.4) is 0 Å². The Hall–Kier alpha value is -1.53. The Labute approximate surface area is 87.8 Å². The van der Waals surface area contributed by atoms with Crippen molar-refractivity contribution in [1.29, 1.82) is 0 Å². The van der Waals surface area contributed by atoms with Crippen molar-refractivity contribution in [2.75, 3.05) is 12.3 Å². The highest BCUT2D eigenvalue weighted by molar-refractivity contribution is 5.53. The average Bonchev–Trinajstić information content (AvgIpc) is 2.11. The molecule has 1 aromatic rings. The molecule has 0 atom stereocenters. The lowest BCUT2D eigenvalue weighted by atomic mass is 10.3. The molecule has 0 aromatic heterocycles. The van der Waals surface area contributed by atoms with E-state index in [9.17, 15) is 22.0 Å². The molecule has 0 unspecified atom stereocenters. The fourth-order valence-corrected chi connectivity index (χ4v) is 0.957. The minimum Gasteiger partial charge on any atom is -0.491 e. The third-order valence-corrected chi connectivity index (χ3v) is 1.70. The Bertz CT molecular complexity index is 377. The summed E-state index contributed by atoms with van der Waals surface area (Å²) < 4.78 is 65.3. The quantitative estimate of drug-likeness (QED) is 0.652. The standard InChI is InChI=1S/C9H8F5NO/c10-5-3-6(11)8(15)7(4-5)16-2-1-9(12,13)14/h3-4H,1-2,15H2. The maximum atomic E-state index is 12.8. The van der Waals surface area contributed by atoms with Crippen LogP contribution in [0.2, 0.25) is 0 Å². The highest BCUT2D eigenvalue weighted by Gasteiger charge is 2.27. The van der Waals surface area contributed by atoms with E-state index in [4.69, 9.17) is 5.73 Å². The molecule has 0 saturated heterocycles. The fourth-order valence-electron chi connectivity index (χ4n) is 0.957. The Morgan fingerprint density at radius 3 is 2.38 bits per heavy atom. The van der Waals surface area contributed by atoms with E-state index in [0.717, 1.165) is 6.07 Å². The van der Waals surface area contributed by atoms with Crippen LogP contribution >= 0.6 is 0 Å². The summed E-state index contributed by atoms with van der Waals surface area (Å²) in [6.07, 6.45) is -5.61. The van der Waals surface area contributed by atoms with Crippen molar-refractivity contribution in [3.05, 3.63) is 23.8 Å². The molecule has 1 aromatic carbocycles. The van der Waals surface area contributed by atoms with Crippen molar-refractivity contribution in [1.82, 2.24) is 0 Å². The van der Waals surface area contributed by atoms with E-state index in [0.29, 0.717) is 6.07 Å². The number of hydrogen-bond donors (Lipinski definition) is 1. The molecule has 0 radical (unpaired) electrons. The summed E-state index contributed by atoms with van der Waals surface area (Å²) in [6.45, 7) is -0.739. The number of anilines is 1. The van der Waals surface area contributed by atoms with Crippen molar-refractivity contribution in [3.8, 4) is 5.75 Å². The van der Waals surface area contributed by atoms with Gasteiger partial charge in [-0.3, -0.25) is 0 Å². The van der Waals surface area contributed by atoms with Crippen molar-refractivity contribution < 1.29 is 26.7 Å². The maximum Gasteiger partial charge on any atom is 0.392 e. The maximum absolute atomic E-state index is 12.8. The normalized spacial score (nSPS) is 11.6. The summed E-state index contributed by atoms with van der Waals surface area (Å²) in [6, 6.07) is 1.25. The minimum atomic E-state index is -4.39. The third-order valence-electron chi connectivity index (χ3n) is 1.70. The van der Waals surface area contributed by atoms with E-state index in [1.165, 1.54) is 0 Å². The molecule has 2 N–H and O–H groups in total. The van der Waals surface area contributed by atoms with Crippen LogP contribution in [0.4, 0.5) is 27.6 Å². The molecule has 90 valence electrons. The number of nitrogens with two attached hydrogens (primary N) is 1. The summed E-state index contributed by atoms with van der Waals surface area (Å²) in [5.74, 6) is -2.46. The summed E-state index contributed by atoms with van der Waals surface area (Å²) in [4.78, 5) is 0. The van der Waals surface area contributed by atoms with E-state index in [-0.39, 0.29) is 0 Å². The lowest BCUT2D eigenvalue weighted by Crippen LogP contribution is -2.13. The van der Waals surface area contributed by atoms with Crippen LogP contribution in [-0.4, -0.2) is 12.8 Å². The molecule has 0 bridgehead atoms. The van der Waals surface area contributed by atoms with Gasteiger partial charge in [0.05, 0.1) is 13.0 Å². The molecule has 0 aliphatic rings. The van der Waals surface area contributed by atoms with Gasteiger partial charge in [-0.1, -0.05) is 0 Å². The van der Waals surface area contributed by atoms with Gasteiger partial charge in [0.25, 0.3) is 0 Å². The number of ether oxygens (including phenoxy) is 1. The summed E-state index contributed by atoms with van der Waals surface area (Å²) >= 11 is 0. The van der Waals surface area contributed by atoms with Gasteiger partial charge in [0.15, 0.2) is 5.82 Å². The largest absolute Gasteiger partial charge is 0.491 e. The second-order valence-electron chi connectivity index (χ2n) is 3.01. The van der Waals surface area contributed by atoms with E-state index >= 15 is 0 Å². The lowest BCUT2D eigenvalue weighted by molar-refractivity contribution is -0.139. The highest BCUT2D eigenvalue weighted by atomic mass is 19.4. The van der Waals surface area contributed by atoms with Gasteiger partial charge in [-0.05, 0) is 0 Å². The molecule has 1 rings (SSSR count). The molecule has 16 heavy (non-hydrogen) atoms. The smallest absolute Gasteiger partial charge is 0.392 e. The van der Waals surface area contributed by atoms with Crippen LogP contribution in [0.25, 0.3) is 0 Å². The predicted molar refractivity (Wildman–Crippen MR) is 46.9 cm³/mol. The van der Waals surface area contributed by atoms with Crippen LogP contribution in [0.15, 0.2) is 12.1 Å². The molecule has 7 heteroatoms. The number of rotatable bonds is 3. The van der Waals surface area contributed by atoms with E-state index < -0.39 is 42.3 Å². The lowest BCUT2D eigenvalue weighted by Gasteiger charge is -2.10. The van der Waals surface area contributed by atoms with Crippen molar-refractivity contribution in [2.24, 2.45) is 0 Å². The van der Waals surface area contributed by atoms with E-state index in [1.807, 2.05) is 0 Å². The SMILES string of the molecule is Nc1c(F)cc(F)cc1OCCC(F)(F)F. The highest BCUT2D eigenvalue weighted by Crippen LogP contribution is 2.27. The first-order valence-corrected chi connectivity index (χ1v) is 4.23. The second kappa shape index (κ2) is 4.54. The topological polar surface area (TPSA) is 35.2 Å². The van der Waals surface area contributed by atoms with Crippen LogP contribution in [0.5, 0.6) is 5.75 Å². The Morgan fingerprint density at radius 2 is 1.81 bits per heavy atom. The van der Waals surface area contributed by atoms with Gasteiger partial charge in [0, 0.05) is 12.1 Å². The van der Waals surface area contributed by atoms with Gasteiger partial charge in [-0.25, -0.2) is 8.78 Å². The summed E-state index contributed by atoms with van der Waals surface area (Å²) in [5, 5.41) is 0. The Balaban J connectivity index is 2.67. The van der Waals surface area contributed by atoms with E-state index in [1.54, 1.807) is 0 Å². The molecule has 0 amide bonds. The summed E-state index contributed by atoms with van der Waals surface area (Å²) in [5.41, 5.74) is 4.64. The monoisotopic (exact) mass is 241 g/mol. The predicted octanol–water partition coefficient (Wildman–Crippen LogP) is 2.88. The zero-order valence-electron chi connectivity index (χ0n) is 7.94. The first-order valence-electron chi connectivity index (χ1n) is 4.23. The van der Waals surface area contributed by atoms with Crippen molar-refractivity contribution in [3.63, 3.8) is 0 Å². The van der Waals surface area contributed by atoms with Crippen LogP contribution in [0.1, 0.15) is 6.42 Å². The molecule has 0 saturated carbocycles. The first-order chi connectivity index (χ1) is 7.29. The number of nitrogen functional groups attached to an aromatic ring is 1. The zero-order chi connectivity index (χ0) is 12.3. The number of hydrogen-bond acceptors (Lipinski definition) is 2. The van der Waals surface area contributed by atoms with Crippen molar-refractivity contribution >= 4 is 5.69 Å². The van der Waals surface area contributed by atoms with E-state index in [2.05, 4.69) is 4.74 Å². The zero-order valence-corrected chi connectivity index (χ0v) is 7.94. The van der Waals surface area contributed by atoms with Crippen LogP contribution in [-0.2, 0) is 0 Å².